The highest BCUT2D eigenvalue weighted by molar-refractivity contribution is 7.89. The molecule has 0 radical (unpaired) electrons. The zero-order valence-corrected chi connectivity index (χ0v) is 19.3. The number of benzene rings is 1. The molecule has 1 aliphatic rings. The number of nitrogens with zero attached hydrogens (tertiary/aromatic N) is 3. The Morgan fingerprint density at radius 3 is 2.72 bits per heavy atom. The fourth-order valence-corrected chi connectivity index (χ4v) is 5.52. The minimum absolute atomic E-state index is 0.0232. The summed E-state index contributed by atoms with van der Waals surface area (Å²) in [7, 11) is -3.61. The molecule has 0 spiro atoms. The van der Waals surface area contributed by atoms with E-state index in [1.807, 2.05) is 43.7 Å². The lowest BCUT2D eigenvalue weighted by atomic mass is 10.0. The first-order valence-electron chi connectivity index (χ1n) is 10.6. The van der Waals surface area contributed by atoms with Crippen molar-refractivity contribution in [2.45, 2.75) is 44.7 Å². The van der Waals surface area contributed by atoms with Crippen LogP contribution in [0.2, 0.25) is 0 Å². The predicted octanol–water partition coefficient (Wildman–Crippen LogP) is 3.81. The predicted molar refractivity (Wildman–Crippen MR) is 124 cm³/mol. The molecule has 4 rings (SSSR count). The molecule has 0 fully saturated rings. The Bertz CT molecular complexity index is 1290. The lowest BCUT2D eigenvalue weighted by molar-refractivity contribution is -0.108. The van der Waals surface area contributed by atoms with Gasteiger partial charge in [0, 0.05) is 36.4 Å². The summed E-state index contributed by atoms with van der Waals surface area (Å²) in [6, 6.07) is 6.94. The maximum atomic E-state index is 13.2. The quantitative estimate of drug-likeness (QED) is 0.508. The largest absolute Gasteiger partial charge is 0.491 e. The molecule has 168 valence electrons. The average molecular weight is 454 g/mol. The normalized spacial score (nSPS) is 15.2. The van der Waals surface area contributed by atoms with Crippen molar-refractivity contribution >= 4 is 32.8 Å². The molecule has 3 aromatic rings. The van der Waals surface area contributed by atoms with Crippen molar-refractivity contribution in [3.05, 3.63) is 60.1 Å². The van der Waals surface area contributed by atoms with Crippen molar-refractivity contribution in [1.29, 1.82) is 0 Å². The first-order chi connectivity index (χ1) is 15.3. The van der Waals surface area contributed by atoms with Crippen LogP contribution in [0.15, 0.2) is 53.8 Å². The van der Waals surface area contributed by atoms with Crippen molar-refractivity contribution in [2.24, 2.45) is 0 Å². The molecule has 0 saturated heterocycles. The van der Waals surface area contributed by atoms with Gasteiger partial charge in [-0.1, -0.05) is 6.08 Å². The zero-order chi connectivity index (χ0) is 22.9. The van der Waals surface area contributed by atoms with Gasteiger partial charge in [-0.05, 0) is 62.6 Å². The average Bonchev–Trinajstić information content (AvgIpc) is 3.14. The summed E-state index contributed by atoms with van der Waals surface area (Å²) in [6.07, 6.45) is 8.87. The Labute approximate surface area is 188 Å². The fraction of sp³-hybridized carbons (Fsp3) is 0.333. The van der Waals surface area contributed by atoms with Gasteiger partial charge >= 0.3 is 0 Å². The smallest absolute Gasteiger partial charge is 0.243 e. The molecule has 3 heterocycles. The Balaban J connectivity index is 1.59. The summed E-state index contributed by atoms with van der Waals surface area (Å²) >= 11 is 0. The zero-order valence-electron chi connectivity index (χ0n) is 18.5. The Kier molecular flexibility index (Phi) is 6.17. The van der Waals surface area contributed by atoms with E-state index in [1.54, 1.807) is 30.6 Å². The van der Waals surface area contributed by atoms with Crippen LogP contribution in [0.4, 0.5) is 0 Å². The van der Waals surface area contributed by atoms with Gasteiger partial charge in [-0.3, -0.25) is 4.98 Å². The van der Waals surface area contributed by atoms with E-state index in [4.69, 9.17) is 4.74 Å². The van der Waals surface area contributed by atoms with Crippen molar-refractivity contribution in [3.8, 4) is 5.75 Å². The lowest BCUT2D eigenvalue weighted by Crippen LogP contribution is -2.34. The summed E-state index contributed by atoms with van der Waals surface area (Å²) in [5.41, 5.74) is 3.79. The van der Waals surface area contributed by atoms with Gasteiger partial charge in [-0.25, -0.2) is 8.42 Å². The summed E-state index contributed by atoms with van der Waals surface area (Å²) in [5, 5.41) is 1.01. The second kappa shape index (κ2) is 8.88. The van der Waals surface area contributed by atoms with Gasteiger partial charge in [-0.2, -0.15) is 4.31 Å². The van der Waals surface area contributed by atoms with Gasteiger partial charge in [0.05, 0.1) is 29.3 Å². The minimum Gasteiger partial charge on any atom is -0.491 e. The molecule has 7 nitrogen and oxygen atoms in total. The van der Waals surface area contributed by atoms with E-state index in [2.05, 4.69) is 4.98 Å². The van der Waals surface area contributed by atoms with Crippen LogP contribution >= 0.6 is 0 Å². The number of aromatic nitrogens is 2. The molecule has 0 amide bonds. The minimum atomic E-state index is -3.61. The molecule has 1 aliphatic heterocycles. The third-order valence-corrected chi connectivity index (χ3v) is 7.48. The number of fused-ring (bicyclic) bond motifs is 1. The molecule has 0 atom stereocenters. The van der Waals surface area contributed by atoms with Gasteiger partial charge in [-0.15, -0.1) is 0 Å². The van der Waals surface area contributed by atoms with Crippen LogP contribution in [0.5, 0.6) is 5.75 Å². The summed E-state index contributed by atoms with van der Waals surface area (Å²) < 4.78 is 35.5. The first-order valence-corrected chi connectivity index (χ1v) is 12.1. The second-order valence-electron chi connectivity index (χ2n) is 8.19. The third-order valence-electron chi connectivity index (χ3n) is 5.62. The highest BCUT2D eigenvalue weighted by Crippen LogP contribution is 2.32. The fourth-order valence-electron chi connectivity index (χ4n) is 4.06. The molecule has 0 saturated carbocycles. The number of carbonyl (C=O) groups excluding carboxylic acids is 1. The van der Waals surface area contributed by atoms with E-state index < -0.39 is 10.0 Å². The molecule has 1 aromatic carbocycles. The van der Waals surface area contributed by atoms with Crippen LogP contribution in [-0.4, -0.2) is 47.8 Å². The van der Waals surface area contributed by atoms with Crippen molar-refractivity contribution in [2.75, 3.05) is 13.1 Å². The number of pyridine rings is 1. The molecule has 0 N–H and O–H groups in total. The number of aldehydes is 1. The topological polar surface area (TPSA) is 81.5 Å². The molecule has 32 heavy (non-hydrogen) atoms. The van der Waals surface area contributed by atoms with E-state index in [-0.39, 0.29) is 17.5 Å². The van der Waals surface area contributed by atoms with Gasteiger partial charge < -0.3 is 14.1 Å². The second-order valence-corrected chi connectivity index (χ2v) is 10.1. The summed E-state index contributed by atoms with van der Waals surface area (Å²) in [5.74, 6) is 0.695. The van der Waals surface area contributed by atoms with E-state index >= 15 is 0 Å². The van der Waals surface area contributed by atoms with E-state index in [1.165, 1.54) is 4.31 Å². The number of ether oxygens (including phenoxy) is 1. The van der Waals surface area contributed by atoms with E-state index in [0.29, 0.717) is 25.3 Å². The number of rotatable bonds is 7. The van der Waals surface area contributed by atoms with E-state index in [9.17, 15) is 13.2 Å². The summed E-state index contributed by atoms with van der Waals surface area (Å²) in [4.78, 5) is 15.5. The Morgan fingerprint density at radius 1 is 1.25 bits per heavy atom. The number of hydrogen-bond acceptors (Lipinski definition) is 5. The van der Waals surface area contributed by atoms with Gasteiger partial charge in [0.1, 0.15) is 12.0 Å². The van der Waals surface area contributed by atoms with Crippen LogP contribution in [0, 0.1) is 6.92 Å². The van der Waals surface area contributed by atoms with Crippen molar-refractivity contribution in [1.82, 2.24) is 13.9 Å². The maximum absolute atomic E-state index is 13.2. The number of sulfonamides is 1. The molecular weight excluding hydrogens is 426 g/mol. The highest BCUT2D eigenvalue weighted by atomic mass is 32.2. The molecule has 0 aliphatic carbocycles. The molecule has 0 unspecified atom stereocenters. The van der Waals surface area contributed by atoms with Crippen LogP contribution < -0.4 is 4.74 Å². The van der Waals surface area contributed by atoms with Crippen molar-refractivity contribution < 1.29 is 17.9 Å². The molecule has 0 bridgehead atoms. The molecular formula is C24H27N3O4S. The third kappa shape index (κ3) is 4.20. The van der Waals surface area contributed by atoms with Gasteiger partial charge in [0.25, 0.3) is 0 Å². The van der Waals surface area contributed by atoms with Crippen LogP contribution in [0.25, 0.3) is 16.5 Å². The van der Waals surface area contributed by atoms with Crippen LogP contribution in [0.3, 0.4) is 0 Å². The lowest BCUT2D eigenvalue weighted by Gasteiger charge is -2.26. The molecule has 8 heteroatoms. The van der Waals surface area contributed by atoms with Crippen LogP contribution in [-0.2, 0) is 21.4 Å². The first kappa shape index (κ1) is 22.2. The van der Waals surface area contributed by atoms with Crippen LogP contribution in [0.1, 0.15) is 31.4 Å². The standard InChI is InChI=1S/C24H27N3O4S/c1-17(2)31-24-5-4-20(14-18(24)3)32(29,30)27-10-7-19(8-11-27)22-16-26(12-13-28)23-15-25-9-6-21(22)23/h4-7,9,13-17H,8,10-12H2,1-3H3. The maximum Gasteiger partial charge on any atom is 0.243 e. The van der Waals surface area contributed by atoms with Gasteiger partial charge in [0.15, 0.2) is 0 Å². The van der Waals surface area contributed by atoms with E-state index in [0.717, 1.165) is 33.9 Å². The number of carbonyl (C=O) groups is 1. The highest BCUT2D eigenvalue weighted by Gasteiger charge is 2.27. The summed E-state index contributed by atoms with van der Waals surface area (Å²) in [6.45, 7) is 6.68. The number of hydrogen-bond donors (Lipinski definition) is 0. The monoisotopic (exact) mass is 453 g/mol. The Morgan fingerprint density at radius 2 is 2.06 bits per heavy atom. The Hall–Kier alpha value is -2.97. The number of aryl methyl sites for hydroxylation is 1. The van der Waals surface area contributed by atoms with Gasteiger partial charge in [0.2, 0.25) is 10.0 Å². The molecule has 2 aromatic heterocycles. The SMILES string of the molecule is Cc1cc(S(=O)(=O)N2CC=C(c3cn(CC=O)c4cnccc34)CC2)ccc1OC(C)C. The van der Waals surface area contributed by atoms with Crippen molar-refractivity contribution in [3.63, 3.8) is 0 Å².